The second-order valence-corrected chi connectivity index (χ2v) is 5.33. The highest BCUT2D eigenvalue weighted by atomic mass is 16.5. The normalized spacial score (nSPS) is 18.0. The molecule has 3 rings (SSSR count). The van der Waals surface area contributed by atoms with Gasteiger partial charge >= 0.3 is 0 Å². The minimum absolute atomic E-state index is 0.0831. The molecule has 1 amide bonds. The van der Waals surface area contributed by atoms with Gasteiger partial charge in [-0.15, -0.1) is 0 Å². The van der Waals surface area contributed by atoms with E-state index in [1.165, 1.54) is 0 Å². The first-order valence-electron chi connectivity index (χ1n) is 7.39. The van der Waals surface area contributed by atoms with Crippen LogP contribution in [0.4, 0.5) is 5.69 Å². The van der Waals surface area contributed by atoms with Crippen LogP contribution in [-0.2, 0) is 4.74 Å². The quantitative estimate of drug-likeness (QED) is 0.912. The molecule has 1 saturated heterocycles. The largest absolute Gasteiger partial charge is 0.371 e. The minimum Gasteiger partial charge on any atom is -0.371 e. The summed E-state index contributed by atoms with van der Waals surface area (Å²) >= 11 is 0. The van der Waals surface area contributed by atoms with Gasteiger partial charge in [0.2, 0.25) is 0 Å². The van der Waals surface area contributed by atoms with Crippen LogP contribution in [0, 0.1) is 6.92 Å². The maximum absolute atomic E-state index is 12.1. The number of anilines is 1. The Kier molecular flexibility index (Phi) is 4.46. The van der Waals surface area contributed by atoms with Gasteiger partial charge < -0.3 is 15.4 Å². The summed E-state index contributed by atoms with van der Waals surface area (Å²) in [7, 11) is 0. The Morgan fingerprint density at radius 2 is 2.09 bits per heavy atom. The molecular formula is C17H19N3O2. The number of amides is 1. The van der Waals surface area contributed by atoms with Crippen LogP contribution >= 0.6 is 0 Å². The van der Waals surface area contributed by atoms with Crippen LogP contribution in [0.1, 0.15) is 27.7 Å². The first-order chi connectivity index (χ1) is 10.7. The van der Waals surface area contributed by atoms with Crippen molar-refractivity contribution >= 4 is 11.6 Å². The van der Waals surface area contributed by atoms with Crippen LogP contribution in [0.2, 0.25) is 0 Å². The number of nitrogens with one attached hydrogen (secondary N) is 2. The first-order valence-corrected chi connectivity index (χ1v) is 7.39. The molecule has 2 aromatic rings. The number of aryl methyl sites for hydroxylation is 1. The van der Waals surface area contributed by atoms with E-state index in [2.05, 4.69) is 15.6 Å². The van der Waals surface area contributed by atoms with Crippen LogP contribution < -0.4 is 10.6 Å². The van der Waals surface area contributed by atoms with Gasteiger partial charge in [-0.2, -0.15) is 0 Å². The van der Waals surface area contributed by atoms with Crippen molar-refractivity contribution in [3.05, 3.63) is 59.4 Å². The van der Waals surface area contributed by atoms with Crippen LogP contribution in [0.15, 0.2) is 42.6 Å². The predicted octanol–water partition coefficient (Wildman–Crippen LogP) is 2.30. The Balaban J connectivity index is 1.65. The van der Waals surface area contributed by atoms with E-state index in [9.17, 15) is 4.79 Å². The zero-order chi connectivity index (χ0) is 15.4. The molecule has 5 nitrogen and oxygen atoms in total. The maximum Gasteiger partial charge on any atom is 0.257 e. The summed E-state index contributed by atoms with van der Waals surface area (Å²) in [5.74, 6) is -0.157. The van der Waals surface area contributed by atoms with E-state index in [0.717, 1.165) is 36.6 Å². The number of carbonyl (C=O) groups is 1. The highest BCUT2D eigenvalue weighted by molar-refractivity contribution is 6.04. The fourth-order valence-electron chi connectivity index (χ4n) is 2.37. The molecule has 1 aromatic carbocycles. The molecule has 1 aromatic heterocycles. The van der Waals surface area contributed by atoms with E-state index in [1.807, 2.05) is 37.3 Å². The average molecular weight is 297 g/mol. The van der Waals surface area contributed by atoms with E-state index < -0.39 is 0 Å². The molecule has 0 spiro atoms. The third kappa shape index (κ3) is 3.50. The number of hydrogen-bond acceptors (Lipinski definition) is 4. The summed E-state index contributed by atoms with van der Waals surface area (Å²) in [4.78, 5) is 16.3. The number of benzene rings is 1. The molecule has 0 saturated carbocycles. The summed E-state index contributed by atoms with van der Waals surface area (Å²) in [5.41, 5.74) is 3.32. The highest BCUT2D eigenvalue weighted by Crippen LogP contribution is 2.21. The lowest BCUT2D eigenvalue weighted by atomic mass is 10.1. The number of ether oxygens (including phenoxy) is 1. The van der Waals surface area contributed by atoms with Crippen molar-refractivity contribution in [2.45, 2.75) is 13.0 Å². The smallest absolute Gasteiger partial charge is 0.257 e. The summed E-state index contributed by atoms with van der Waals surface area (Å²) in [5, 5.41) is 6.18. The van der Waals surface area contributed by atoms with Crippen LogP contribution in [0.25, 0.3) is 0 Å². The number of aromatic nitrogens is 1. The standard InChI is InChI=1S/C17H19N3O2/c1-12-2-3-14(10-19-12)17(21)20-15-6-4-13(5-7-15)16-11-18-8-9-22-16/h2-7,10,16,18H,8-9,11H2,1H3,(H,20,21)/t16-/m1/s1. The fourth-order valence-corrected chi connectivity index (χ4v) is 2.37. The lowest BCUT2D eigenvalue weighted by Crippen LogP contribution is -2.33. The van der Waals surface area contributed by atoms with Crippen molar-refractivity contribution in [2.75, 3.05) is 25.0 Å². The van der Waals surface area contributed by atoms with Gasteiger partial charge in [0.1, 0.15) is 0 Å². The van der Waals surface area contributed by atoms with Gasteiger partial charge in [0.25, 0.3) is 5.91 Å². The second-order valence-electron chi connectivity index (χ2n) is 5.33. The minimum atomic E-state index is -0.157. The molecule has 1 aliphatic heterocycles. The lowest BCUT2D eigenvalue weighted by molar-refractivity contribution is 0.0277. The number of nitrogens with zero attached hydrogens (tertiary/aromatic N) is 1. The Morgan fingerprint density at radius 1 is 1.27 bits per heavy atom. The Bertz CT molecular complexity index is 632. The third-order valence-electron chi connectivity index (χ3n) is 3.64. The number of morpholine rings is 1. The van der Waals surface area contributed by atoms with E-state index in [0.29, 0.717) is 5.56 Å². The molecule has 114 valence electrons. The lowest BCUT2D eigenvalue weighted by Gasteiger charge is -2.24. The molecule has 0 radical (unpaired) electrons. The molecule has 0 unspecified atom stereocenters. The third-order valence-corrected chi connectivity index (χ3v) is 3.64. The first kappa shape index (κ1) is 14.7. The second kappa shape index (κ2) is 6.68. The van der Waals surface area contributed by atoms with Gasteiger partial charge in [0.15, 0.2) is 0 Å². The summed E-state index contributed by atoms with van der Waals surface area (Å²) < 4.78 is 5.71. The number of rotatable bonds is 3. The molecule has 0 aliphatic carbocycles. The fraction of sp³-hybridized carbons (Fsp3) is 0.294. The Hall–Kier alpha value is -2.24. The average Bonchev–Trinajstić information content (AvgIpc) is 2.57. The molecule has 1 atom stereocenters. The van der Waals surface area contributed by atoms with E-state index in [1.54, 1.807) is 12.3 Å². The number of carbonyl (C=O) groups excluding carboxylic acids is 1. The van der Waals surface area contributed by atoms with Gasteiger partial charge in [0.05, 0.1) is 18.3 Å². The van der Waals surface area contributed by atoms with E-state index in [-0.39, 0.29) is 12.0 Å². The SMILES string of the molecule is Cc1ccc(C(=O)Nc2ccc([C@H]3CNCCO3)cc2)cn1. The summed E-state index contributed by atoms with van der Waals surface area (Å²) in [6.45, 7) is 4.34. The van der Waals surface area contributed by atoms with Gasteiger partial charge in [-0.25, -0.2) is 0 Å². The molecule has 1 fully saturated rings. The topological polar surface area (TPSA) is 63.2 Å². The molecule has 22 heavy (non-hydrogen) atoms. The molecule has 0 bridgehead atoms. The highest BCUT2D eigenvalue weighted by Gasteiger charge is 2.15. The van der Waals surface area contributed by atoms with Crippen molar-refractivity contribution in [2.24, 2.45) is 0 Å². The van der Waals surface area contributed by atoms with Crippen molar-refractivity contribution in [1.82, 2.24) is 10.3 Å². The zero-order valence-corrected chi connectivity index (χ0v) is 12.5. The van der Waals surface area contributed by atoms with Crippen molar-refractivity contribution in [1.29, 1.82) is 0 Å². The summed E-state index contributed by atoms with van der Waals surface area (Å²) in [6.07, 6.45) is 1.67. The monoisotopic (exact) mass is 297 g/mol. The maximum atomic E-state index is 12.1. The van der Waals surface area contributed by atoms with Crippen molar-refractivity contribution in [3.63, 3.8) is 0 Å². The van der Waals surface area contributed by atoms with Crippen molar-refractivity contribution in [3.8, 4) is 0 Å². The van der Waals surface area contributed by atoms with Crippen molar-refractivity contribution < 1.29 is 9.53 Å². The van der Waals surface area contributed by atoms with Gasteiger partial charge in [0, 0.05) is 30.7 Å². The number of hydrogen-bond donors (Lipinski definition) is 2. The summed E-state index contributed by atoms with van der Waals surface area (Å²) in [6, 6.07) is 11.4. The van der Waals surface area contributed by atoms with Crippen LogP contribution in [0.3, 0.4) is 0 Å². The van der Waals surface area contributed by atoms with Gasteiger partial charge in [-0.05, 0) is 36.8 Å². The van der Waals surface area contributed by atoms with Crippen LogP contribution in [-0.4, -0.2) is 30.6 Å². The molecule has 1 aliphatic rings. The molecule has 5 heteroatoms. The molecular weight excluding hydrogens is 278 g/mol. The van der Waals surface area contributed by atoms with Crippen LogP contribution in [0.5, 0.6) is 0 Å². The zero-order valence-electron chi connectivity index (χ0n) is 12.5. The van der Waals surface area contributed by atoms with E-state index in [4.69, 9.17) is 4.74 Å². The van der Waals surface area contributed by atoms with Gasteiger partial charge in [-0.3, -0.25) is 9.78 Å². The predicted molar refractivity (Wildman–Crippen MR) is 84.9 cm³/mol. The number of pyridine rings is 1. The molecule has 2 N–H and O–H groups in total. The van der Waals surface area contributed by atoms with Gasteiger partial charge in [-0.1, -0.05) is 12.1 Å². The Labute approximate surface area is 129 Å². The Morgan fingerprint density at radius 3 is 2.73 bits per heavy atom. The van der Waals surface area contributed by atoms with E-state index >= 15 is 0 Å². The molecule has 2 heterocycles.